The molecule has 0 spiro atoms. The van der Waals surface area contributed by atoms with Crippen LogP contribution in [0.5, 0.6) is 0 Å². The summed E-state index contributed by atoms with van der Waals surface area (Å²) < 4.78 is 0. The molecule has 1 aromatic carbocycles. The Labute approximate surface area is 112 Å². The quantitative estimate of drug-likeness (QED) is 0.698. The van der Waals surface area contributed by atoms with Crippen LogP contribution < -0.4 is 0 Å². The lowest BCUT2D eigenvalue weighted by molar-refractivity contribution is 0.937. The second-order valence-electron chi connectivity index (χ2n) is 4.37. The Morgan fingerprint density at radius 1 is 0.611 bits per heavy atom. The summed E-state index contributed by atoms with van der Waals surface area (Å²) in [6, 6.07) is 0. The average Bonchev–Trinajstić information content (AvgIpc) is 2.43. The van der Waals surface area contributed by atoms with E-state index in [4.69, 9.17) is 12.8 Å². The van der Waals surface area contributed by atoms with Crippen LogP contribution in [0.4, 0.5) is 0 Å². The first kappa shape index (κ1) is 14.4. The van der Waals surface area contributed by atoms with Crippen molar-refractivity contribution in [1.29, 1.82) is 0 Å². The van der Waals surface area contributed by atoms with Crippen molar-refractivity contribution in [2.45, 2.75) is 53.4 Å². The highest BCUT2D eigenvalue weighted by atomic mass is 14.2. The lowest BCUT2D eigenvalue weighted by Crippen LogP contribution is -2.09. The number of rotatable bonds is 4. The largest absolute Gasteiger partial charge is 0.115 e. The number of hydrogen-bond donors (Lipinski definition) is 0. The highest BCUT2D eigenvalue weighted by molar-refractivity contribution is 5.63. The van der Waals surface area contributed by atoms with Gasteiger partial charge in [0.05, 0.1) is 0 Å². The van der Waals surface area contributed by atoms with Crippen molar-refractivity contribution < 1.29 is 0 Å². The molecule has 94 valence electrons. The molecule has 0 radical (unpaired) electrons. The van der Waals surface area contributed by atoms with E-state index >= 15 is 0 Å². The van der Waals surface area contributed by atoms with E-state index in [-0.39, 0.29) is 0 Å². The molecule has 0 saturated heterocycles. The minimum absolute atomic E-state index is 0.950. The van der Waals surface area contributed by atoms with Gasteiger partial charge in [0.2, 0.25) is 0 Å². The van der Waals surface area contributed by atoms with E-state index in [0.29, 0.717) is 0 Å². The number of hydrogen-bond acceptors (Lipinski definition) is 0. The first-order valence-corrected chi connectivity index (χ1v) is 6.82. The second-order valence-corrected chi connectivity index (χ2v) is 4.37. The van der Waals surface area contributed by atoms with Gasteiger partial charge in [0.25, 0.3) is 0 Å². The minimum atomic E-state index is 0.950. The summed E-state index contributed by atoms with van der Waals surface area (Å²) >= 11 is 0. The summed E-state index contributed by atoms with van der Waals surface area (Å²) in [4.78, 5) is 0. The molecule has 0 nitrogen and oxygen atoms in total. The maximum Gasteiger partial charge on any atom is 0.0436 e. The molecular weight excluding hydrogens is 216 g/mol. The molecule has 1 rings (SSSR count). The fraction of sp³-hybridized carbons (Fsp3) is 0.444. The SMILES string of the molecule is C#Cc1c(C#C)c(CC)c(CC)c(CC)c1CC. The van der Waals surface area contributed by atoms with E-state index in [0.717, 1.165) is 36.8 Å². The molecule has 0 unspecified atom stereocenters. The highest BCUT2D eigenvalue weighted by Crippen LogP contribution is 2.29. The van der Waals surface area contributed by atoms with E-state index in [1.165, 1.54) is 22.3 Å². The monoisotopic (exact) mass is 238 g/mol. The molecule has 0 bridgehead atoms. The Kier molecular flexibility index (Phi) is 5.06. The molecule has 0 aromatic heterocycles. The van der Waals surface area contributed by atoms with Crippen LogP contribution in [-0.4, -0.2) is 0 Å². The van der Waals surface area contributed by atoms with Crippen molar-refractivity contribution in [3.63, 3.8) is 0 Å². The van der Waals surface area contributed by atoms with Crippen LogP contribution >= 0.6 is 0 Å². The van der Waals surface area contributed by atoms with Gasteiger partial charge in [-0.15, -0.1) is 12.8 Å². The van der Waals surface area contributed by atoms with E-state index in [1.807, 2.05) is 0 Å². The van der Waals surface area contributed by atoms with Gasteiger partial charge in [0.1, 0.15) is 0 Å². The van der Waals surface area contributed by atoms with Crippen LogP contribution in [0.25, 0.3) is 0 Å². The van der Waals surface area contributed by atoms with Gasteiger partial charge in [0.15, 0.2) is 0 Å². The maximum absolute atomic E-state index is 5.70. The molecule has 1 aromatic rings. The van der Waals surface area contributed by atoms with E-state index < -0.39 is 0 Å². The van der Waals surface area contributed by atoms with Crippen molar-refractivity contribution in [3.05, 3.63) is 33.4 Å². The van der Waals surface area contributed by atoms with Gasteiger partial charge in [-0.1, -0.05) is 39.5 Å². The third kappa shape index (κ3) is 2.16. The highest BCUT2D eigenvalue weighted by Gasteiger charge is 2.18. The Morgan fingerprint density at radius 2 is 0.889 bits per heavy atom. The van der Waals surface area contributed by atoms with Gasteiger partial charge in [-0.05, 0) is 47.9 Å². The minimum Gasteiger partial charge on any atom is -0.115 e. The Morgan fingerprint density at radius 3 is 1.06 bits per heavy atom. The lowest BCUT2D eigenvalue weighted by atomic mass is 9.83. The molecule has 0 heterocycles. The molecular formula is C18H22. The molecule has 0 saturated carbocycles. The van der Waals surface area contributed by atoms with Gasteiger partial charge in [-0.2, -0.15) is 0 Å². The summed E-state index contributed by atoms with van der Waals surface area (Å²) in [6.07, 6.45) is 15.4. The number of terminal acetylenes is 2. The summed E-state index contributed by atoms with van der Waals surface area (Å²) in [6.45, 7) is 8.70. The summed E-state index contributed by atoms with van der Waals surface area (Å²) in [5, 5.41) is 0. The van der Waals surface area contributed by atoms with Gasteiger partial charge in [0, 0.05) is 11.1 Å². The molecule has 0 aliphatic rings. The van der Waals surface area contributed by atoms with Gasteiger partial charge >= 0.3 is 0 Å². The molecule has 0 amide bonds. The van der Waals surface area contributed by atoms with Crippen molar-refractivity contribution in [1.82, 2.24) is 0 Å². The summed E-state index contributed by atoms with van der Waals surface area (Å²) in [7, 11) is 0. The van der Waals surface area contributed by atoms with Crippen LogP contribution in [0.3, 0.4) is 0 Å². The zero-order valence-corrected chi connectivity index (χ0v) is 12.0. The van der Waals surface area contributed by atoms with Crippen LogP contribution in [0.15, 0.2) is 0 Å². The molecule has 0 heteroatoms. The molecule has 0 fully saturated rings. The topological polar surface area (TPSA) is 0 Å². The van der Waals surface area contributed by atoms with Crippen molar-refractivity contribution in [2.75, 3.05) is 0 Å². The fourth-order valence-corrected chi connectivity index (χ4v) is 2.92. The smallest absolute Gasteiger partial charge is 0.0436 e. The molecule has 18 heavy (non-hydrogen) atoms. The second kappa shape index (κ2) is 6.32. The third-order valence-electron chi connectivity index (χ3n) is 3.65. The molecule has 0 aliphatic heterocycles. The predicted octanol–water partition coefficient (Wildman–Crippen LogP) is 3.90. The van der Waals surface area contributed by atoms with E-state index in [9.17, 15) is 0 Å². The fourth-order valence-electron chi connectivity index (χ4n) is 2.92. The standard InChI is InChI=1S/C18H22/c1-7-13-14(8-2)16(10-4)18(12-6)17(11-5)15(13)9-3/h1-2H,9-12H2,3-6H3. The van der Waals surface area contributed by atoms with E-state index in [2.05, 4.69) is 39.5 Å². The molecule has 0 aliphatic carbocycles. The first-order chi connectivity index (χ1) is 8.69. The Bertz CT molecular complexity index is 470. The van der Waals surface area contributed by atoms with Gasteiger partial charge in [-0.25, -0.2) is 0 Å². The first-order valence-electron chi connectivity index (χ1n) is 6.82. The molecule has 0 atom stereocenters. The van der Waals surface area contributed by atoms with Crippen molar-refractivity contribution in [3.8, 4) is 24.7 Å². The average molecular weight is 238 g/mol. The van der Waals surface area contributed by atoms with E-state index in [1.54, 1.807) is 0 Å². The van der Waals surface area contributed by atoms with Crippen LogP contribution in [0.1, 0.15) is 61.1 Å². The maximum atomic E-state index is 5.70. The molecule has 0 N–H and O–H groups in total. The van der Waals surface area contributed by atoms with Gasteiger partial charge < -0.3 is 0 Å². The predicted molar refractivity (Wildman–Crippen MR) is 79.8 cm³/mol. The lowest BCUT2D eigenvalue weighted by Gasteiger charge is -2.20. The van der Waals surface area contributed by atoms with Crippen molar-refractivity contribution >= 4 is 0 Å². The van der Waals surface area contributed by atoms with Crippen LogP contribution in [0.2, 0.25) is 0 Å². The summed E-state index contributed by atoms with van der Waals surface area (Å²) in [5.74, 6) is 5.65. The normalized spacial score (nSPS) is 9.89. The van der Waals surface area contributed by atoms with Gasteiger partial charge in [-0.3, -0.25) is 0 Å². The van der Waals surface area contributed by atoms with Crippen molar-refractivity contribution in [2.24, 2.45) is 0 Å². The van der Waals surface area contributed by atoms with Crippen LogP contribution in [-0.2, 0) is 25.7 Å². The number of benzene rings is 1. The Hall–Kier alpha value is -1.66. The zero-order chi connectivity index (χ0) is 13.7. The summed E-state index contributed by atoms with van der Waals surface area (Å²) in [5.41, 5.74) is 7.30. The zero-order valence-electron chi connectivity index (χ0n) is 12.0. The third-order valence-corrected chi connectivity index (χ3v) is 3.65. The Balaban J connectivity index is 3.87. The van der Waals surface area contributed by atoms with Crippen LogP contribution in [0, 0.1) is 24.7 Å².